The molecule has 0 fully saturated rings. The number of hydrogen-bond acceptors (Lipinski definition) is 9. The van der Waals surface area contributed by atoms with Gasteiger partial charge >= 0.3 is 0 Å². The normalized spacial score (nSPS) is 27.0. The average molecular weight is 546 g/mol. The van der Waals surface area contributed by atoms with Crippen molar-refractivity contribution in [2.45, 2.75) is 63.6 Å². The van der Waals surface area contributed by atoms with Gasteiger partial charge in [0.05, 0.1) is 11.6 Å². The second-order valence-electron chi connectivity index (χ2n) is 12.0. The molecule has 7 N–H and O–H groups in total. The fourth-order valence-corrected chi connectivity index (χ4v) is 6.26. The van der Waals surface area contributed by atoms with Gasteiger partial charge in [0.25, 0.3) is 5.91 Å². The number of phenols is 1. The number of aliphatic hydroxyl groups is 3. The molecule has 10 nitrogen and oxygen atoms in total. The number of aromatic hydroxyl groups is 1. The first-order chi connectivity index (χ1) is 18.0. The molecule has 3 aliphatic rings. The van der Waals surface area contributed by atoms with E-state index < -0.39 is 69.6 Å². The Morgan fingerprint density at radius 1 is 1.23 bits per heavy atom. The number of rotatable bonds is 6. The monoisotopic (exact) mass is 545 g/mol. The number of halogens is 1. The first-order valence-electron chi connectivity index (χ1n) is 12.9. The van der Waals surface area contributed by atoms with Gasteiger partial charge in [0.2, 0.25) is 5.78 Å². The number of aryl methyl sites for hydroxylation is 1. The largest absolute Gasteiger partial charge is 0.510 e. The molecule has 3 aliphatic carbocycles. The summed E-state index contributed by atoms with van der Waals surface area (Å²) >= 11 is 0. The minimum Gasteiger partial charge on any atom is -0.510 e. The summed E-state index contributed by atoms with van der Waals surface area (Å²) in [4.78, 5) is 40.6. The molecular weight excluding hydrogens is 509 g/mol. The van der Waals surface area contributed by atoms with Crippen LogP contribution in [-0.2, 0) is 22.4 Å². The zero-order valence-electron chi connectivity index (χ0n) is 22.8. The summed E-state index contributed by atoms with van der Waals surface area (Å²) in [6.07, 6.45) is 0.662. The molecule has 0 aliphatic heterocycles. The van der Waals surface area contributed by atoms with Crippen molar-refractivity contribution in [1.82, 2.24) is 10.2 Å². The summed E-state index contributed by atoms with van der Waals surface area (Å²) in [5.41, 5.74) is 1.21. The van der Waals surface area contributed by atoms with Crippen LogP contribution in [-0.4, -0.2) is 80.6 Å². The number of primary amides is 1. The van der Waals surface area contributed by atoms with Gasteiger partial charge in [0.1, 0.15) is 28.7 Å². The van der Waals surface area contributed by atoms with Gasteiger partial charge in [-0.2, -0.15) is 0 Å². The number of allylic oxidation sites excluding steroid dienone is 1. The van der Waals surface area contributed by atoms with Crippen LogP contribution in [0.5, 0.6) is 5.75 Å². The Morgan fingerprint density at radius 3 is 2.44 bits per heavy atom. The third-order valence-corrected chi connectivity index (χ3v) is 8.03. The first-order valence-corrected chi connectivity index (χ1v) is 12.9. The fraction of sp³-hybridized carbons (Fsp3) is 0.536. The van der Waals surface area contributed by atoms with Crippen LogP contribution in [0, 0.1) is 17.7 Å². The molecule has 1 aromatic rings. The molecule has 0 radical (unpaired) electrons. The standard InChI is InChI=1S/C28H36FN3O7/c1-27(2,3)31-8-6-7-12-11-16(29)14-9-13-10-15-20(32(4)5)23(35)19(26(30)38)25(37)28(15,39)24(36)17(13)22(34)18(14)21(12)33/h11,13,15,20,31,33,35-36,39H,6-10H2,1-5H3,(H2,30,38)/t13-,15-,20-,28-/m0/s1. The number of amides is 1. The molecule has 0 saturated heterocycles. The Balaban J connectivity index is 1.80. The van der Waals surface area contributed by atoms with Crippen LogP contribution in [0.3, 0.4) is 0 Å². The van der Waals surface area contributed by atoms with E-state index >= 15 is 4.39 Å². The van der Waals surface area contributed by atoms with E-state index in [1.165, 1.54) is 11.0 Å². The molecule has 4 atom stereocenters. The van der Waals surface area contributed by atoms with Crippen LogP contribution in [0.4, 0.5) is 4.39 Å². The molecule has 4 rings (SSSR count). The van der Waals surface area contributed by atoms with Gasteiger partial charge in [-0.3, -0.25) is 19.3 Å². The quantitative estimate of drug-likeness (QED) is 0.229. The van der Waals surface area contributed by atoms with E-state index in [2.05, 4.69) is 5.32 Å². The van der Waals surface area contributed by atoms with Crippen LogP contribution in [0.25, 0.3) is 0 Å². The molecular formula is C28H36FN3O7. The molecule has 1 amide bonds. The topological polar surface area (TPSA) is 173 Å². The molecule has 0 heterocycles. The number of Topliss-reactive ketones (excluding diaryl/α,β-unsaturated/α-hetero) is 2. The Labute approximate surface area is 226 Å². The lowest BCUT2D eigenvalue weighted by Gasteiger charge is -2.50. The van der Waals surface area contributed by atoms with E-state index in [-0.39, 0.29) is 47.1 Å². The van der Waals surface area contributed by atoms with Crippen molar-refractivity contribution in [3.63, 3.8) is 0 Å². The highest BCUT2D eigenvalue weighted by atomic mass is 19.1. The maximum absolute atomic E-state index is 15.3. The SMILES string of the molecule is CN(C)[C@@H]1C(O)=C(C(N)=O)C(=O)[C@@]2(O)C(O)=C3C(=O)c4c(O)c(CCCNC(C)(C)C)cc(F)c4C[C@H]3C[C@@H]12. The minimum absolute atomic E-state index is 0.0119. The van der Waals surface area contributed by atoms with E-state index in [4.69, 9.17) is 5.73 Å². The van der Waals surface area contributed by atoms with E-state index in [1.54, 1.807) is 14.1 Å². The third kappa shape index (κ3) is 4.52. The maximum atomic E-state index is 15.3. The highest BCUT2D eigenvalue weighted by Crippen LogP contribution is 2.52. The molecule has 0 spiro atoms. The number of carbonyl (C=O) groups excluding carboxylic acids is 3. The molecule has 1 aromatic carbocycles. The minimum atomic E-state index is -2.73. The van der Waals surface area contributed by atoms with Gasteiger partial charge in [-0.05, 0) is 84.6 Å². The highest BCUT2D eigenvalue weighted by Gasteiger charge is 2.63. The van der Waals surface area contributed by atoms with E-state index in [0.29, 0.717) is 13.0 Å². The number of carbonyl (C=O) groups is 3. The van der Waals surface area contributed by atoms with E-state index in [1.807, 2.05) is 20.8 Å². The number of nitrogens with zero attached hydrogens (tertiary/aromatic N) is 1. The van der Waals surface area contributed by atoms with Gasteiger partial charge in [-0.25, -0.2) is 4.39 Å². The van der Waals surface area contributed by atoms with Gasteiger partial charge in [-0.15, -0.1) is 0 Å². The van der Waals surface area contributed by atoms with Crippen molar-refractivity contribution in [3.8, 4) is 5.75 Å². The average Bonchev–Trinajstić information content (AvgIpc) is 2.81. The van der Waals surface area contributed by atoms with Crippen molar-refractivity contribution in [2.24, 2.45) is 17.6 Å². The number of hydrogen-bond donors (Lipinski definition) is 6. The second-order valence-corrected chi connectivity index (χ2v) is 12.0. The lowest BCUT2D eigenvalue weighted by atomic mass is 9.58. The predicted octanol–water partition coefficient (Wildman–Crippen LogP) is 1.58. The van der Waals surface area contributed by atoms with E-state index in [0.717, 1.165) is 0 Å². The third-order valence-electron chi connectivity index (χ3n) is 8.03. The second kappa shape index (κ2) is 9.72. The molecule has 0 saturated carbocycles. The number of ketones is 2. The predicted molar refractivity (Wildman–Crippen MR) is 140 cm³/mol. The van der Waals surface area contributed by atoms with Gasteiger partial charge in [0, 0.05) is 22.6 Å². The van der Waals surface area contributed by atoms with Gasteiger partial charge < -0.3 is 31.5 Å². The zero-order chi connectivity index (χ0) is 29.2. The van der Waals surface area contributed by atoms with Crippen molar-refractivity contribution >= 4 is 17.5 Å². The van der Waals surface area contributed by atoms with Crippen molar-refractivity contribution < 1.29 is 39.2 Å². The Morgan fingerprint density at radius 2 is 1.87 bits per heavy atom. The first kappa shape index (κ1) is 28.7. The lowest BCUT2D eigenvalue weighted by molar-refractivity contribution is -0.148. The van der Waals surface area contributed by atoms with Crippen LogP contribution < -0.4 is 11.1 Å². The summed E-state index contributed by atoms with van der Waals surface area (Å²) in [5, 5.41) is 48.1. The molecule has 0 unspecified atom stereocenters. The Hall–Kier alpha value is -3.28. The number of aliphatic hydroxyl groups excluding tert-OH is 2. The maximum Gasteiger partial charge on any atom is 0.255 e. The van der Waals surface area contributed by atoms with Crippen LogP contribution in [0.2, 0.25) is 0 Å². The summed E-state index contributed by atoms with van der Waals surface area (Å²) in [7, 11) is 3.09. The lowest BCUT2D eigenvalue weighted by Crippen LogP contribution is -2.63. The summed E-state index contributed by atoms with van der Waals surface area (Å²) in [5.74, 6) is -8.17. The van der Waals surface area contributed by atoms with Crippen LogP contribution in [0.15, 0.2) is 28.7 Å². The van der Waals surface area contributed by atoms with Gasteiger partial charge in [-0.1, -0.05) is 0 Å². The Bertz CT molecular complexity index is 1330. The molecule has 0 aromatic heterocycles. The van der Waals surface area contributed by atoms with Crippen LogP contribution in [0.1, 0.15) is 55.1 Å². The molecule has 39 heavy (non-hydrogen) atoms. The molecule has 11 heteroatoms. The Kier molecular flexibility index (Phi) is 7.16. The number of benzene rings is 1. The fourth-order valence-electron chi connectivity index (χ4n) is 6.26. The van der Waals surface area contributed by atoms with Crippen molar-refractivity contribution in [3.05, 3.63) is 51.2 Å². The van der Waals surface area contributed by atoms with Gasteiger partial charge in [0.15, 0.2) is 11.4 Å². The number of fused-ring (bicyclic) bond motifs is 3. The number of nitrogens with one attached hydrogen (secondary N) is 1. The number of likely N-dealkylation sites (N-methyl/N-ethyl adjacent to an activating group) is 1. The van der Waals surface area contributed by atoms with Crippen molar-refractivity contribution in [1.29, 1.82) is 0 Å². The molecule has 212 valence electrons. The van der Waals surface area contributed by atoms with E-state index in [9.17, 15) is 34.8 Å². The van der Waals surface area contributed by atoms with Crippen molar-refractivity contribution in [2.75, 3.05) is 20.6 Å². The zero-order valence-corrected chi connectivity index (χ0v) is 22.8. The molecule has 0 bridgehead atoms. The van der Waals surface area contributed by atoms with Crippen LogP contribution >= 0.6 is 0 Å². The number of nitrogens with two attached hydrogens (primary N) is 1. The highest BCUT2D eigenvalue weighted by molar-refractivity contribution is 6.24. The summed E-state index contributed by atoms with van der Waals surface area (Å²) < 4.78 is 15.3. The smallest absolute Gasteiger partial charge is 0.255 e. The number of phenolic OH excluding ortho intramolecular Hbond substituents is 1. The summed E-state index contributed by atoms with van der Waals surface area (Å²) in [6, 6.07) is 0.116. The summed E-state index contributed by atoms with van der Waals surface area (Å²) in [6.45, 7) is 6.60.